The maximum Gasteiger partial charge on any atom is 0.270 e. The smallest absolute Gasteiger partial charge is 0.270 e. The molecule has 0 aliphatic carbocycles. The van der Waals surface area contributed by atoms with Crippen LogP contribution in [0.15, 0.2) is 36.4 Å². The number of nitrogens with zero attached hydrogens (tertiary/aromatic N) is 2. The molecule has 9 heteroatoms. The molecule has 1 amide bonds. The van der Waals surface area contributed by atoms with Gasteiger partial charge >= 0.3 is 0 Å². The lowest BCUT2D eigenvalue weighted by Gasteiger charge is -2.08. The van der Waals surface area contributed by atoms with E-state index in [9.17, 15) is 14.9 Å². The van der Waals surface area contributed by atoms with Crippen molar-refractivity contribution in [2.24, 2.45) is 0 Å². The minimum absolute atomic E-state index is 0.154. The molecule has 0 bridgehead atoms. The van der Waals surface area contributed by atoms with E-state index in [1.165, 1.54) is 29.5 Å². The lowest BCUT2D eigenvalue weighted by molar-refractivity contribution is -0.384. The van der Waals surface area contributed by atoms with E-state index in [2.05, 4.69) is 15.6 Å². The summed E-state index contributed by atoms with van der Waals surface area (Å²) in [5, 5.41) is 16.9. The number of methoxy groups -OCH3 is 1. The van der Waals surface area contributed by atoms with Crippen molar-refractivity contribution in [3.05, 3.63) is 52.1 Å². The van der Waals surface area contributed by atoms with Gasteiger partial charge in [0.1, 0.15) is 5.75 Å². The molecule has 8 nitrogen and oxygen atoms in total. The number of hydrogen-bond donors (Lipinski definition) is 2. The van der Waals surface area contributed by atoms with Gasteiger partial charge in [0.25, 0.3) is 11.6 Å². The highest BCUT2D eigenvalue weighted by atomic mass is 32.1. The van der Waals surface area contributed by atoms with Gasteiger partial charge in [-0.2, -0.15) is 0 Å². The van der Waals surface area contributed by atoms with Crippen LogP contribution in [0.25, 0.3) is 10.2 Å². The first-order valence-electron chi connectivity index (χ1n) is 7.24. The fourth-order valence-corrected chi connectivity index (χ4v) is 3.19. The minimum atomic E-state index is -0.541. The van der Waals surface area contributed by atoms with Gasteiger partial charge in [-0.15, -0.1) is 0 Å². The second-order valence-corrected chi connectivity index (χ2v) is 6.07. The highest BCUT2D eigenvalue weighted by Gasteiger charge is 2.17. The van der Waals surface area contributed by atoms with Crippen molar-refractivity contribution >= 4 is 44.0 Å². The van der Waals surface area contributed by atoms with Crippen LogP contribution in [0.2, 0.25) is 0 Å². The normalized spacial score (nSPS) is 10.5. The Hall–Kier alpha value is -3.20. The summed E-state index contributed by atoms with van der Waals surface area (Å²) in [6, 6.07) is 9.48. The Morgan fingerprint density at radius 3 is 2.76 bits per heavy atom. The number of nitro groups is 1. The molecule has 0 radical (unpaired) electrons. The van der Waals surface area contributed by atoms with E-state index < -0.39 is 10.8 Å². The number of benzene rings is 2. The maximum absolute atomic E-state index is 12.5. The number of anilines is 2. The molecule has 2 N–H and O–H groups in total. The third-order valence-corrected chi connectivity index (χ3v) is 4.48. The van der Waals surface area contributed by atoms with Crippen LogP contribution in [0.5, 0.6) is 5.75 Å². The van der Waals surface area contributed by atoms with Gasteiger partial charge in [-0.3, -0.25) is 20.2 Å². The van der Waals surface area contributed by atoms with Gasteiger partial charge in [-0.1, -0.05) is 11.3 Å². The number of non-ortho nitro benzene ring substituents is 1. The van der Waals surface area contributed by atoms with Crippen molar-refractivity contribution in [2.45, 2.75) is 0 Å². The van der Waals surface area contributed by atoms with Crippen LogP contribution in [0.1, 0.15) is 10.4 Å². The fraction of sp³-hybridized carbons (Fsp3) is 0.125. The zero-order chi connectivity index (χ0) is 18.0. The first kappa shape index (κ1) is 16.7. The number of nitrogens with one attached hydrogen (secondary N) is 2. The lowest BCUT2D eigenvalue weighted by Crippen LogP contribution is -2.14. The van der Waals surface area contributed by atoms with Crippen molar-refractivity contribution < 1.29 is 14.5 Å². The summed E-state index contributed by atoms with van der Waals surface area (Å²) in [7, 11) is 3.22. The van der Waals surface area contributed by atoms with Crippen molar-refractivity contribution in [1.29, 1.82) is 0 Å². The minimum Gasteiger partial charge on any atom is -0.497 e. The number of aromatic nitrogens is 1. The Morgan fingerprint density at radius 1 is 1.28 bits per heavy atom. The largest absolute Gasteiger partial charge is 0.497 e. The molecule has 0 atom stereocenters. The van der Waals surface area contributed by atoms with Gasteiger partial charge in [0.05, 0.1) is 27.8 Å². The van der Waals surface area contributed by atoms with Crippen LogP contribution in [-0.2, 0) is 0 Å². The summed E-state index contributed by atoms with van der Waals surface area (Å²) >= 11 is 1.30. The van der Waals surface area contributed by atoms with Gasteiger partial charge < -0.3 is 10.1 Å². The molecule has 0 saturated heterocycles. The number of carbonyl (C=O) groups is 1. The fourth-order valence-electron chi connectivity index (χ4n) is 2.30. The average Bonchev–Trinajstić information content (AvgIpc) is 3.01. The molecule has 3 aromatic rings. The molecule has 0 fully saturated rings. The first-order valence-corrected chi connectivity index (χ1v) is 8.05. The van der Waals surface area contributed by atoms with E-state index in [-0.39, 0.29) is 11.3 Å². The Bertz CT molecular complexity index is 970. The Morgan fingerprint density at radius 2 is 2.08 bits per heavy atom. The topological polar surface area (TPSA) is 106 Å². The lowest BCUT2D eigenvalue weighted by atomic mass is 10.1. The monoisotopic (exact) mass is 358 g/mol. The van der Waals surface area contributed by atoms with Crippen molar-refractivity contribution in [1.82, 2.24) is 4.98 Å². The van der Waals surface area contributed by atoms with Crippen LogP contribution in [0, 0.1) is 10.1 Å². The van der Waals surface area contributed by atoms with E-state index in [0.29, 0.717) is 16.6 Å². The third-order valence-electron chi connectivity index (χ3n) is 3.54. The standard InChI is InChI=1S/C16H14N4O4S/c1-17-12-5-3-9(20(22)23)7-11(12)15(21)19-16-18-13-6-4-10(24-2)8-14(13)25-16/h3-8,17H,1-2H3,(H,18,19,21). The van der Waals surface area contributed by atoms with Crippen molar-refractivity contribution in [3.8, 4) is 5.75 Å². The molecule has 3 rings (SSSR count). The highest BCUT2D eigenvalue weighted by molar-refractivity contribution is 7.22. The van der Waals surface area contributed by atoms with E-state index in [4.69, 9.17) is 4.74 Å². The molecule has 1 aromatic heterocycles. The molecule has 1 heterocycles. The summed E-state index contributed by atoms with van der Waals surface area (Å²) in [5.74, 6) is 0.226. The average molecular weight is 358 g/mol. The number of nitro benzene ring substituents is 1. The number of carbonyl (C=O) groups excluding carboxylic acids is 1. The molecule has 25 heavy (non-hydrogen) atoms. The van der Waals surface area contributed by atoms with Gasteiger partial charge in [0.15, 0.2) is 5.13 Å². The number of fused-ring (bicyclic) bond motifs is 1. The van der Waals surface area contributed by atoms with Gasteiger partial charge in [-0.05, 0) is 24.3 Å². The quantitative estimate of drug-likeness (QED) is 0.534. The number of hydrogen-bond acceptors (Lipinski definition) is 7. The summed E-state index contributed by atoms with van der Waals surface area (Å²) in [6.07, 6.45) is 0. The van der Waals surface area contributed by atoms with E-state index in [0.717, 1.165) is 10.2 Å². The molecule has 0 aliphatic heterocycles. The molecule has 0 unspecified atom stereocenters. The zero-order valence-electron chi connectivity index (χ0n) is 13.4. The molecule has 128 valence electrons. The predicted octanol–water partition coefficient (Wildman–Crippen LogP) is 3.51. The van der Waals surface area contributed by atoms with Crippen LogP contribution in [0.3, 0.4) is 0 Å². The Balaban J connectivity index is 1.91. The maximum atomic E-state index is 12.5. The SMILES string of the molecule is CNc1ccc([N+](=O)[O-])cc1C(=O)Nc1nc2ccc(OC)cc2s1. The molecule has 0 saturated carbocycles. The van der Waals surface area contributed by atoms with E-state index in [1.807, 2.05) is 6.07 Å². The number of ether oxygens (including phenoxy) is 1. The Labute approximate surface area is 146 Å². The van der Waals surface area contributed by atoms with Crippen molar-refractivity contribution in [3.63, 3.8) is 0 Å². The summed E-state index contributed by atoms with van der Waals surface area (Å²) in [6.45, 7) is 0. The van der Waals surface area contributed by atoms with E-state index in [1.54, 1.807) is 26.3 Å². The third kappa shape index (κ3) is 3.36. The van der Waals surface area contributed by atoms with Gasteiger partial charge in [-0.25, -0.2) is 4.98 Å². The molecule has 2 aromatic carbocycles. The van der Waals surface area contributed by atoms with Gasteiger partial charge in [0, 0.05) is 24.9 Å². The van der Waals surface area contributed by atoms with Crippen molar-refractivity contribution in [2.75, 3.05) is 24.8 Å². The van der Waals surface area contributed by atoms with Crippen LogP contribution < -0.4 is 15.4 Å². The second-order valence-electron chi connectivity index (χ2n) is 5.04. The summed E-state index contributed by atoms with van der Waals surface area (Å²) < 4.78 is 6.03. The predicted molar refractivity (Wildman–Crippen MR) is 96.8 cm³/mol. The summed E-state index contributed by atoms with van der Waals surface area (Å²) in [5.41, 5.74) is 1.24. The highest BCUT2D eigenvalue weighted by Crippen LogP contribution is 2.30. The number of amides is 1. The van der Waals surface area contributed by atoms with Crippen LogP contribution in [0.4, 0.5) is 16.5 Å². The molecular formula is C16H14N4O4S. The van der Waals surface area contributed by atoms with Crippen LogP contribution >= 0.6 is 11.3 Å². The number of thiazole rings is 1. The molecule has 0 aliphatic rings. The Kier molecular flexibility index (Phi) is 4.48. The first-order chi connectivity index (χ1) is 12.0. The van der Waals surface area contributed by atoms with E-state index >= 15 is 0 Å². The summed E-state index contributed by atoms with van der Waals surface area (Å²) in [4.78, 5) is 27.3. The second kappa shape index (κ2) is 6.73. The number of rotatable bonds is 5. The zero-order valence-corrected chi connectivity index (χ0v) is 14.2. The van der Waals surface area contributed by atoms with Crippen LogP contribution in [-0.4, -0.2) is 30.0 Å². The molecular weight excluding hydrogens is 344 g/mol. The van der Waals surface area contributed by atoms with Gasteiger partial charge in [0.2, 0.25) is 0 Å². The molecule has 0 spiro atoms.